The molecule has 4 heteroatoms. The molecule has 0 spiro atoms. The van der Waals surface area contributed by atoms with Crippen LogP contribution in [0.4, 0.5) is 4.39 Å². The van der Waals surface area contributed by atoms with Gasteiger partial charge < -0.3 is 5.32 Å². The Morgan fingerprint density at radius 3 is 2.75 bits per heavy atom. The van der Waals surface area contributed by atoms with E-state index in [1.165, 1.54) is 18.9 Å². The third-order valence-electron chi connectivity index (χ3n) is 2.97. The highest BCUT2D eigenvalue weighted by molar-refractivity contribution is 7.85. The van der Waals surface area contributed by atoms with Crippen molar-refractivity contribution in [3.63, 3.8) is 0 Å². The number of hydrogen-bond donors (Lipinski definition) is 1. The molecule has 2 rings (SSSR count). The maximum Gasteiger partial charge on any atom is 0.139 e. The highest BCUT2D eigenvalue weighted by Crippen LogP contribution is 2.33. The van der Waals surface area contributed by atoms with Crippen LogP contribution in [0, 0.1) is 11.7 Å². The van der Waals surface area contributed by atoms with Gasteiger partial charge in [0.15, 0.2) is 0 Å². The van der Waals surface area contributed by atoms with Gasteiger partial charge >= 0.3 is 0 Å². The molecule has 0 bridgehead atoms. The number of benzene rings is 1. The van der Waals surface area contributed by atoms with Crippen LogP contribution in [0.3, 0.4) is 0 Å². The summed E-state index contributed by atoms with van der Waals surface area (Å²) >= 11 is 0. The summed E-state index contributed by atoms with van der Waals surface area (Å²) < 4.78 is 25.4. The van der Waals surface area contributed by atoms with Gasteiger partial charge in [-0.1, -0.05) is 12.1 Å². The van der Waals surface area contributed by atoms with E-state index in [1.807, 2.05) is 7.05 Å². The van der Waals surface area contributed by atoms with Crippen molar-refractivity contribution in [2.75, 3.05) is 12.8 Å². The van der Waals surface area contributed by atoms with Crippen molar-refractivity contribution < 1.29 is 8.60 Å². The van der Waals surface area contributed by atoms with Crippen molar-refractivity contribution in [1.82, 2.24) is 5.32 Å². The van der Waals surface area contributed by atoms with E-state index in [0.29, 0.717) is 16.6 Å². The van der Waals surface area contributed by atoms with Crippen LogP contribution >= 0.6 is 0 Å². The molecule has 88 valence electrons. The molecule has 2 unspecified atom stereocenters. The van der Waals surface area contributed by atoms with Crippen molar-refractivity contribution in [1.29, 1.82) is 0 Å². The third kappa shape index (κ3) is 2.68. The van der Waals surface area contributed by atoms with E-state index in [0.717, 1.165) is 0 Å². The van der Waals surface area contributed by atoms with E-state index in [-0.39, 0.29) is 11.9 Å². The van der Waals surface area contributed by atoms with E-state index >= 15 is 0 Å². The Kier molecular flexibility index (Phi) is 3.71. The Hall–Kier alpha value is -0.740. The van der Waals surface area contributed by atoms with Gasteiger partial charge in [0.1, 0.15) is 5.82 Å². The second-order valence-electron chi connectivity index (χ2n) is 4.18. The molecule has 0 heterocycles. The molecule has 0 amide bonds. The molecular weight excluding hydrogens is 225 g/mol. The molecular formula is C12H16FNOS. The Morgan fingerprint density at radius 2 is 2.19 bits per heavy atom. The van der Waals surface area contributed by atoms with Crippen LogP contribution in [0.15, 0.2) is 29.2 Å². The van der Waals surface area contributed by atoms with E-state index < -0.39 is 10.8 Å². The maximum atomic E-state index is 13.4. The van der Waals surface area contributed by atoms with Gasteiger partial charge in [-0.2, -0.15) is 0 Å². The first-order chi connectivity index (χ1) is 7.72. The van der Waals surface area contributed by atoms with Crippen LogP contribution in [0.1, 0.15) is 12.8 Å². The first-order valence-electron chi connectivity index (χ1n) is 5.52. The molecule has 2 atom stereocenters. The van der Waals surface area contributed by atoms with Gasteiger partial charge in [-0.25, -0.2) is 4.39 Å². The number of hydrogen-bond acceptors (Lipinski definition) is 2. The lowest BCUT2D eigenvalue weighted by Gasteiger charge is -2.14. The molecule has 0 aliphatic heterocycles. The van der Waals surface area contributed by atoms with Crippen LogP contribution < -0.4 is 5.32 Å². The largest absolute Gasteiger partial charge is 0.316 e. The predicted octanol–water partition coefficient (Wildman–Crippen LogP) is 1.93. The maximum absolute atomic E-state index is 13.4. The summed E-state index contributed by atoms with van der Waals surface area (Å²) in [5.74, 6) is 0.759. The van der Waals surface area contributed by atoms with Crippen LogP contribution in [0.2, 0.25) is 0 Å². The fourth-order valence-electron chi connectivity index (χ4n) is 1.84. The molecule has 1 saturated carbocycles. The van der Waals surface area contributed by atoms with Crippen LogP contribution in [0.5, 0.6) is 0 Å². The summed E-state index contributed by atoms with van der Waals surface area (Å²) in [5, 5.41) is 3.17. The van der Waals surface area contributed by atoms with Gasteiger partial charge in [-0.15, -0.1) is 0 Å². The first kappa shape index (κ1) is 11.7. The fraction of sp³-hybridized carbons (Fsp3) is 0.500. The molecule has 0 aromatic heterocycles. The van der Waals surface area contributed by atoms with Crippen molar-refractivity contribution in [3.8, 4) is 0 Å². The molecule has 0 radical (unpaired) electrons. The minimum atomic E-state index is -1.24. The zero-order chi connectivity index (χ0) is 11.5. The van der Waals surface area contributed by atoms with Crippen molar-refractivity contribution >= 4 is 10.8 Å². The zero-order valence-corrected chi connectivity index (χ0v) is 10.1. The first-order valence-corrected chi connectivity index (χ1v) is 6.84. The quantitative estimate of drug-likeness (QED) is 0.853. The number of halogens is 1. The average molecular weight is 241 g/mol. The van der Waals surface area contributed by atoms with Gasteiger partial charge in [0, 0.05) is 11.8 Å². The average Bonchev–Trinajstić information content (AvgIpc) is 3.10. The SMILES string of the molecule is CNC(CS(=O)c1ccccc1F)C1CC1. The van der Waals surface area contributed by atoms with E-state index in [2.05, 4.69) is 5.32 Å². The highest BCUT2D eigenvalue weighted by Gasteiger charge is 2.31. The monoisotopic (exact) mass is 241 g/mol. The van der Waals surface area contributed by atoms with Gasteiger partial charge in [-0.3, -0.25) is 4.21 Å². The van der Waals surface area contributed by atoms with Gasteiger partial charge in [0.05, 0.1) is 15.7 Å². The zero-order valence-electron chi connectivity index (χ0n) is 9.28. The number of nitrogens with one attached hydrogen (secondary N) is 1. The Bertz CT molecular complexity index is 392. The van der Waals surface area contributed by atoms with Crippen molar-refractivity contribution in [2.45, 2.75) is 23.8 Å². The summed E-state index contributed by atoms with van der Waals surface area (Å²) in [6.45, 7) is 0. The second-order valence-corrected chi connectivity index (χ2v) is 5.64. The summed E-state index contributed by atoms with van der Waals surface area (Å²) in [5.41, 5.74) is 0. The van der Waals surface area contributed by atoms with Crippen LogP contribution in [-0.2, 0) is 10.8 Å². The van der Waals surface area contributed by atoms with Gasteiger partial charge in [0.2, 0.25) is 0 Å². The van der Waals surface area contributed by atoms with Gasteiger partial charge in [-0.05, 0) is 37.9 Å². The Balaban J connectivity index is 2.04. The normalized spacial score (nSPS) is 19.4. The van der Waals surface area contributed by atoms with E-state index in [9.17, 15) is 8.60 Å². The molecule has 1 N–H and O–H groups in total. The second kappa shape index (κ2) is 5.06. The summed E-state index contributed by atoms with van der Waals surface area (Å²) in [6.07, 6.45) is 2.39. The Morgan fingerprint density at radius 1 is 1.50 bits per heavy atom. The topological polar surface area (TPSA) is 29.1 Å². The minimum absolute atomic E-state index is 0.250. The summed E-state index contributed by atoms with van der Waals surface area (Å²) in [6, 6.07) is 6.55. The van der Waals surface area contributed by atoms with Crippen LogP contribution in [-0.4, -0.2) is 23.1 Å². The predicted molar refractivity (Wildman–Crippen MR) is 63.2 cm³/mol. The van der Waals surface area contributed by atoms with Crippen molar-refractivity contribution in [2.24, 2.45) is 5.92 Å². The molecule has 2 nitrogen and oxygen atoms in total. The molecule has 16 heavy (non-hydrogen) atoms. The Labute approximate surface area is 97.7 Å². The molecule has 1 aromatic rings. The third-order valence-corrected chi connectivity index (χ3v) is 4.46. The van der Waals surface area contributed by atoms with Crippen molar-refractivity contribution in [3.05, 3.63) is 30.1 Å². The molecule has 0 saturated heterocycles. The van der Waals surface area contributed by atoms with Crippen LogP contribution in [0.25, 0.3) is 0 Å². The van der Waals surface area contributed by atoms with E-state index in [1.54, 1.807) is 18.2 Å². The molecule has 1 aliphatic rings. The summed E-state index contributed by atoms with van der Waals surface area (Å²) in [7, 11) is 0.634. The molecule has 1 fully saturated rings. The fourth-order valence-corrected chi connectivity index (χ4v) is 3.30. The lowest BCUT2D eigenvalue weighted by atomic mass is 10.2. The summed E-state index contributed by atoms with van der Waals surface area (Å²) in [4.78, 5) is 0.323. The number of rotatable bonds is 5. The highest BCUT2D eigenvalue weighted by atomic mass is 32.2. The minimum Gasteiger partial charge on any atom is -0.316 e. The van der Waals surface area contributed by atoms with Gasteiger partial charge in [0.25, 0.3) is 0 Å². The smallest absolute Gasteiger partial charge is 0.139 e. The van der Waals surface area contributed by atoms with E-state index in [4.69, 9.17) is 0 Å². The lowest BCUT2D eigenvalue weighted by molar-refractivity contribution is 0.543. The lowest BCUT2D eigenvalue weighted by Crippen LogP contribution is -2.33. The molecule has 1 aromatic carbocycles. The molecule has 1 aliphatic carbocycles. The standard InChI is InChI=1S/C12H16FNOS/c1-14-11(9-6-7-9)8-16(15)12-5-3-2-4-10(12)13/h2-5,9,11,14H,6-8H2,1H3.